The van der Waals surface area contributed by atoms with Crippen molar-refractivity contribution >= 4 is 16.8 Å². The van der Waals surface area contributed by atoms with Crippen LogP contribution in [0, 0.1) is 18.3 Å². The Morgan fingerprint density at radius 2 is 1.87 bits per heavy atom. The van der Waals surface area contributed by atoms with E-state index in [9.17, 15) is 10.1 Å². The number of hydrogen-bond donors (Lipinski definition) is 0. The lowest BCUT2D eigenvalue weighted by atomic mass is 9.97. The van der Waals surface area contributed by atoms with E-state index in [4.69, 9.17) is 16.1 Å². The molecule has 3 aromatic rings. The number of aryl methyl sites for hydroxylation is 1. The van der Waals surface area contributed by atoms with E-state index in [-0.39, 0.29) is 0 Å². The number of benzene rings is 2. The molecule has 0 atom stereocenters. The molecule has 0 unspecified atom stereocenters. The summed E-state index contributed by atoms with van der Waals surface area (Å²) < 4.78 is 4.95. The number of halogens is 1. The Kier molecular flexibility index (Phi) is 3.92. The number of nitriles is 1. The van der Waals surface area contributed by atoms with Gasteiger partial charge >= 0.3 is 0 Å². The zero-order valence-electron chi connectivity index (χ0n) is 12.1. The van der Waals surface area contributed by atoms with Crippen LogP contribution in [-0.4, -0.2) is 15.4 Å². The molecule has 0 N–H and O–H groups in total. The van der Waals surface area contributed by atoms with Gasteiger partial charge in [-0.1, -0.05) is 29.4 Å². The van der Waals surface area contributed by atoms with E-state index in [0.29, 0.717) is 28.4 Å². The highest BCUT2D eigenvalue weighted by molar-refractivity contribution is 6.67. The molecule has 23 heavy (non-hydrogen) atoms. The standard InChI is InChI=1S/C17H10ClN3O2/c1-10-20-17(21-23-10)13-6-7-15(14(8-13)9-19)11-2-4-12(5-3-11)16(18)22/h2-8H,1H3. The molecule has 0 aliphatic rings. The van der Waals surface area contributed by atoms with Gasteiger partial charge in [0.2, 0.25) is 11.7 Å². The second-order valence-corrected chi connectivity index (χ2v) is 5.20. The van der Waals surface area contributed by atoms with Crippen LogP contribution in [0.2, 0.25) is 0 Å². The van der Waals surface area contributed by atoms with Crippen molar-refractivity contribution in [2.24, 2.45) is 0 Å². The summed E-state index contributed by atoms with van der Waals surface area (Å²) in [7, 11) is 0. The van der Waals surface area contributed by atoms with Crippen LogP contribution in [-0.2, 0) is 0 Å². The molecule has 3 rings (SSSR count). The summed E-state index contributed by atoms with van der Waals surface area (Å²) in [6, 6.07) is 14.3. The molecule has 0 spiro atoms. The molecule has 5 nitrogen and oxygen atoms in total. The number of carbonyl (C=O) groups is 1. The van der Waals surface area contributed by atoms with E-state index < -0.39 is 5.24 Å². The van der Waals surface area contributed by atoms with Gasteiger partial charge in [-0.25, -0.2) is 0 Å². The van der Waals surface area contributed by atoms with Gasteiger partial charge in [-0.05, 0) is 40.9 Å². The van der Waals surface area contributed by atoms with Crippen molar-refractivity contribution in [1.82, 2.24) is 10.1 Å². The summed E-state index contributed by atoms with van der Waals surface area (Å²) in [5.74, 6) is 0.901. The summed E-state index contributed by atoms with van der Waals surface area (Å²) in [5.41, 5.74) is 3.17. The zero-order valence-corrected chi connectivity index (χ0v) is 12.8. The molecular weight excluding hydrogens is 314 g/mol. The minimum atomic E-state index is -0.514. The summed E-state index contributed by atoms with van der Waals surface area (Å²) in [4.78, 5) is 15.3. The Balaban J connectivity index is 2.03. The molecule has 0 amide bonds. The molecule has 0 bridgehead atoms. The molecule has 0 aliphatic heterocycles. The predicted molar refractivity (Wildman–Crippen MR) is 84.8 cm³/mol. The van der Waals surface area contributed by atoms with E-state index in [1.165, 1.54) is 0 Å². The van der Waals surface area contributed by atoms with Gasteiger partial charge in [0.1, 0.15) is 0 Å². The third-order valence-electron chi connectivity index (χ3n) is 3.35. The first-order valence-corrected chi connectivity index (χ1v) is 7.11. The lowest BCUT2D eigenvalue weighted by Gasteiger charge is -2.06. The summed E-state index contributed by atoms with van der Waals surface area (Å²) >= 11 is 5.44. The lowest BCUT2D eigenvalue weighted by molar-refractivity contribution is 0.108. The Morgan fingerprint density at radius 3 is 2.43 bits per heavy atom. The SMILES string of the molecule is Cc1nc(-c2ccc(-c3ccc(C(=O)Cl)cc3)c(C#N)c2)no1. The molecule has 0 aliphatic carbocycles. The normalized spacial score (nSPS) is 10.3. The van der Waals surface area contributed by atoms with Crippen LogP contribution < -0.4 is 0 Å². The quantitative estimate of drug-likeness (QED) is 0.681. The third kappa shape index (κ3) is 2.98. The average molecular weight is 324 g/mol. The molecule has 6 heteroatoms. The van der Waals surface area contributed by atoms with Crippen LogP contribution in [0.25, 0.3) is 22.5 Å². The first-order valence-electron chi connectivity index (χ1n) is 6.73. The second-order valence-electron chi connectivity index (χ2n) is 4.86. The van der Waals surface area contributed by atoms with Gasteiger partial charge in [0.25, 0.3) is 5.24 Å². The molecule has 1 aromatic heterocycles. The third-order valence-corrected chi connectivity index (χ3v) is 3.57. The minimum Gasteiger partial charge on any atom is -0.339 e. The average Bonchev–Trinajstić information content (AvgIpc) is 3.01. The maximum absolute atomic E-state index is 11.1. The maximum Gasteiger partial charge on any atom is 0.252 e. The molecule has 1 heterocycles. The highest BCUT2D eigenvalue weighted by Crippen LogP contribution is 2.28. The van der Waals surface area contributed by atoms with E-state index in [1.807, 2.05) is 12.1 Å². The largest absolute Gasteiger partial charge is 0.339 e. The lowest BCUT2D eigenvalue weighted by Crippen LogP contribution is -1.90. The maximum atomic E-state index is 11.1. The van der Waals surface area contributed by atoms with Gasteiger partial charge < -0.3 is 4.52 Å². The smallest absolute Gasteiger partial charge is 0.252 e. The number of carbonyl (C=O) groups excluding carboxylic acids is 1. The van der Waals surface area contributed by atoms with Gasteiger partial charge in [-0.3, -0.25) is 4.79 Å². The van der Waals surface area contributed by atoms with Crippen LogP contribution in [0.1, 0.15) is 21.8 Å². The van der Waals surface area contributed by atoms with E-state index in [2.05, 4.69) is 16.2 Å². The van der Waals surface area contributed by atoms with E-state index >= 15 is 0 Å². The minimum absolute atomic E-state index is 0.410. The van der Waals surface area contributed by atoms with Crippen LogP contribution >= 0.6 is 11.6 Å². The number of aromatic nitrogens is 2. The van der Waals surface area contributed by atoms with Crippen molar-refractivity contribution in [3.8, 4) is 28.6 Å². The highest BCUT2D eigenvalue weighted by atomic mass is 35.5. The fourth-order valence-electron chi connectivity index (χ4n) is 2.22. The van der Waals surface area contributed by atoms with Crippen LogP contribution in [0.3, 0.4) is 0 Å². The Hall–Kier alpha value is -2.97. The molecule has 2 aromatic carbocycles. The summed E-state index contributed by atoms with van der Waals surface area (Å²) in [6.07, 6.45) is 0. The zero-order chi connectivity index (χ0) is 16.4. The molecule has 0 saturated heterocycles. The number of hydrogen-bond acceptors (Lipinski definition) is 5. The van der Waals surface area contributed by atoms with E-state index in [0.717, 1.165) is 11.1 Å². The number of rotatable bonds is 3. The van der Waals surface area contributed by atoms with Crippen LogP contribution in [0.15, 0.2) is 47.0 Å². The molecule has 0 radical (unpaired) electrons. The monoisotopic (exact) mass is 323 g/mol. The first kappa shape index (κ1) is 14.9. The first-order chi connectivity index (χ1) is 11.1. The Morgan fingerprint density at radius 1 is 1.17 bits per heavy atom. The Labute approximate surface area is 137 Å². The van der Waals surface area contributed by atoms with Crippen molar-refractivity contribution in [2.45, 2.75) is 6.92 Å². The Bertz CT molecular complexity index is 924. The fraction of sp³-hybridized carbons (Fsp3) is 0.0588. The summed E-state index contributed by atoms with van der Waals surface area (Å²) in [6.45, 7) is 1.70. The highest BCUT2D eigenvalue weighted by Gasteiger charge is 2.11. The van der Waals surface area contributed by atoms with E-state index in [1.54, 1.807) is 37.3 Å². The molecule has 0 fully saturated rings. The van der Waals surface area contributed by atoms with Crippen molar-refractivity contribution < 1.29 is 9.32 Å². The molecule has 112 valence electrons. The van der Waals surface area contributed by atoms with Crippen molar-refractivity contribution in [3.05, 3.63) is 59.5 Å². The summed E-state index contributed by atoms with van der Waals surface area (Å²) in [5, 5.41) is 12.7. The van der Waals surface area contributed by atoms with Crippen molar-refractivity contribution in [2.75, 3.05) is 0 Å². The van der Waals surface area contributed by atoms with Gasteiger partial charge in [-0.15, -0.1) is 0 Å². The van der Waals surface area contributed by atoms with Gasteiger partial charge in [-0.2, -0.15) is 10.2 Å². The molecular formula is C17H10ClN3O2. The topological polar surface area (TPSA) is 79.8 Å². The van der Waals surface area contributed by atoms with Gasteiger partial charge in [0, 0.05) is 18.1 Å². The van der Waals surface area contributed by atoms with Gasteiger partial charge in [0.15, 0.2) is 0 Å². The van der Waals surface area contributed by atoms with Crippen molar-refractivity contribution in [1.29, 1.82) is 5.26 Å². The van der Waals surface area contributed by atoms with Gasteiger partial charge in [0.05, 0.1) is 11.6 Å². The van der Waals surface area contributed by atoms with Crippen molar-refractivity contribution in [3.63, 3.8) is 0 Å². The van der Waals surface area contributed by atoms with Crippen LogP contribution in [0.5, 0.6) is 0 Å². The molecule has 0 saturated carbocycles. The predicted octanol–water partition coefficient (Wildman–Crippen LogP) is 3.96. The fourth-order valence-corrected chi connectivity index (χ4v) is 2.35. The number of nitrogens with zero attached hydrogens (tertiary/aromatic N) is 3. The second kappa shape index (κ2) is 6.03. The van der Waals surface area contributed by atoms with Crippen LogP contribution in [0.4, 0.5) is 0 Å².